The standard InChI is InChI=1S/C24H21NO5/c1-28-15-8-6-14(7-9-15)22(26)21-18-17-12-29-24(30-17)23(27)19(18)20-16-5-3-2-4-13(16)10-11-25(20)21/h2-11,17-21,24H,12H2,1H3/t17-,18+,19+,20+,21-,24+/m0/s1. The fourth-order valence-electron chi connectivity index (χ4n) is 5.55. The zero-order valence-electron chi connectivity index (χ0n) is 16.4. The van der Waals surface area contributed by atoms with Crippen LogP contribution < -0.4 is 4.74 Å². The first-order valence-electron chi connectivity index (χ1n) is 10.2. The monoisotopic (exact) mass is 403 g/mol. The average Bonchev–Trinajstić information content (AvgIpc) is 3.38. The van der Waals surface area contributed by atoms with Crippen LogP contribution in [0.5, 0.6) is 5.75 Å². The van der Waals surface area contributed by atoms with Crippen molar-refractivity contribution >= 4 is 17.6 Å². The first-order chi connectivity index (χ1) is 14.7. The zero-order valence-corrected chi connectivity index (χ0v) is 16.4. The number of benzene rings is 2. The minimum Gasteiger partial charge on any atom is -0.497 e. The Labute approximate surface area is 174 Å². The Morgan fingerprint density at radius 2 is 1.93 bits per heavy atom. The van der Waals surface area contributed by atoms with Crippen LogP contribution in [0.3, 0.4) is 0 Å². The second-order valence-electron chi connectivity index (χ2n) is 8.22. The van der Waals surface area contributed by atoms with Gasteiger partial charge in [-0.2, -0.15) is 0 Å². The Kier molecular flexibility index (Phi) is 3.88. The summed E-state index contributed by atoms with van der Waals surface area (Å²) in [5.41, 5.74) is 2.76. The van der Waals surface area contributed by atoms with Gasteiger partial charge in [-0.1, -0.05) is 24.3 Å². The fourth-order valence-corrected chi connectivity index (χ4v) is 5.55. The van der Waals surface area contributed by atoms with Gasteiger partial charge in [-0.3, -0.25) is 9.59 Å². The van der Waals surface area contributed by atoms with Crippen molar-refractivity contribution in [3.05, 3.63) is 71.4 Å². The van der Waals surface area contributed by atoms with Crippen molar-refractivity contribution in [1.29, 1.82) is 0 Å². The van der Waals surface area contributed by atoms with Crippen LogP contribution in [0.15, 0.2) is 54.7 Å². The van der Waals surface area contributed by atoms with Gasteiger partial charge in [0.1, 0.15) is 5.75 Å². The maximum atomic E-state index is 13.7. The van der Waals surface area contributed by atoms with Crippen LogP contribution in [0.25, 0.3) is 6.08 Å². The molecule has 3 saturated heterocycles. The van der Waals surface area contributed by atoms with Gasteiger partial charge in [0, 0.05) is 17.7 Å². The van der Waals surface area contributed by atoms with Crippen LogP contribution in [0.1, 0.15) is 27.5 Å². The number of methoxy groups -OCH3 is 1. The van der Waals surface area contributed by atoms with E-state index in [0.29, 0.717) is 17.9 Å². The van der Waals surface area contributed by atoms with Crippen LogP contribution in [-0.4, -0.2) is 48.6 Å². The van der Waals surface area contributed by atoms with E-state index in [1.165, 1.54) is 0 Å². The SMILES string of the molecule is COc1ccc(C(=O)[C@@H]2[C@H]3[C@@H](C(=O)[C@@H]4OC[C@@H]3O4)[C@H]3c4ccccc4C=CN23)cc1. The van der Waals surface area contributed by atoms with Gasteiger partial charge in [0.05, 0.1) is 37.8 Å². The van der Waals surface area contributed by atoms with Crippen molar-refractivity contribution in [2.24, 2.45) is 11.8 Å². The number of ketones is 2. The fraction of sp³-hybridized carbons (Fsp3) is 0.333. The highest BCUT2D eigenvalue weighted by Gasteiger charge is 2.63. The number of hydrogen-bond donors (Lipinski definition) is 0. The topological polar surface area (TPSA) is 65.1 Å². The third kappa shape index (κ3) is 2.38. The molecular formula is C24H21NO5. The molecule has 2 aromatic carbocycles. The van der Waals surface area contributed by atoms with E-state index in [1.54, 1.807) is 31.4 Å². The van der Waals surface area contributed by atoms with Gasteiger partial charge in [-0.25, -0.2) is 0 Å². The Balaban J connectivity index is 1.47. The minimum absolute atomic E-state index is 0.0130. The van der Waals surface area contributed by atoms with Crippen molar-refractivity contribution in [2.75, 3.05) is 13.7 Å². The molecule has 6 atom stereocenters. The molecule has 3 fully saturated rings. The normalized spacial score (nSPS) is 33.1. The molecular weight excluding hydrogens is 382 g/mol. The lowest BCUT2D eigenvalue weighted by Gasteiger charge is -2.34. The van der Waals surface area contributed by atoms with Gasteiger partial charge in [-0.05, 0) is 41.5 Å². The maximum Gasteiger partial charge on any atom is 0.218 e. The molecule has 6 nitrogen and oxygen atoms in total. The molecule has 2 bridgehead atoms. The number of nitrogens with zero attached hydrogens (tertiary/aromatic N) is 1. The van der Waals surface area contributed by atoms with Gasteiger partial charge >= 0.3 is 0 Å². The second-order valence-corrected chi connectivity index (χ2v) is 8.22. The summed E-state index contributed by atoms with van der Waals surface area (Å²) in [6.45, 7) is 0.343. The summed E-state index contributed by atoms with van der Waals surface area (Å²) >= 11 is 0. The molecule has 4 aliphatic rings. The maximum absolute atomic E-state index is 13.7. The summed E-state index contributed by atoms with van der Waals surface area (Å²) in [5, 5.41) is 0. The predicted molar refractivity (Wildman–Crippen MR) is 108 cm³/mol. The third-order valence-corrected chi connectivity index (χ3v) is 6.85. The van der Waals surface area contributed by atoms with Crippen LogP contribution in [0, 0.1) is 11.8 Å². The molecule has 6 rings (SSSR count). The van der Waals surface area contributed by atoms with Gasteiger partial charge in [0.25, 0.3) is 0 Å². The molecule has 4 heterocycles. The molecule has 4 aliphatic heterocycles. The Bertz CT molecular complexity index is 1060. The highest BCUT2D eigenvalue weighted by molar-refractivity contribution is 6.02. The van der Waals surface area contributed by atoms with Crippen LogP contribution in [0.2, 0.25) is 0 Å². The molecule has 6 heteroatoms. The van der Waals surface area contributed by atoms with Crippen molar-refractivity contribution in [3.63, 3.8) is 0 Å². The first-order valence-corrected chi connectivity index (χ1v) is 10.2. The van der Waals surface area contributed by atoms with Gasteiger partial charge in [0.15, 0.2) is 11.6 Å². The second kappa shape index (κ2) is 6.52. The number of carbonyl (C=O) groups is 2. The molecule has 0 saturated carbocycles. The Morgan fingerprint density at radius 3 is 2.73 bits per heavy atom. The molecule has 0 aliphatic carbocycles. The molecule has 0 N–H and O–H groups in total. The number of hydrogen-bond acceptors (Lipinski definition) is 6. The van der Waals surface area contributed by atoms with E-state index in [2.05, 4.69) is 11.0 Å². The number of carbonyl (C=O) groups excluding carboxylic acids is 2. The lowest BCUT2D eigenvalue weighted by molar-refractivity contribution is -0.164. The Morgan fingerprint density at radius 1 is 1.13 bits per heavy atom. The van der Waals surface area contributed by atoms with E-state index in [9.17, 15) is 9.59 Å². The van der Waals surface area contributed by atoms with Gasteiger partial charge in [-0.15, -0.1) is 0 Å². The zero-order chi connectivity index (χ0) is 20.4. The summed E-state index contributed by atoms with van der Waals surface area (Å²) in [6, 6.07) is 14.5. The van der Waals surface area contributed by atoms with E-state index in [1.807, 2.05) is 30.5 Å². The van der Waals surface area contributed by atoms with Crippen molar-refractivity contribution < 1.29 is 23.8 Å². The summed E-state index contributed by atoms with van der Waals surface area (Å²) in [4.78, 5) is 29.1. The smallest absolute Gasteiger partial charge is 0.218 e. The molecule has 30 heavy (non-hydrogen) atoms. The summed E-state index contributed by atoms with van der Waals surface area (Å²) in [6.07, 6.45) is 2.92. The predicted octanol–water partition coefficient (Wildman–Crippen LogP) is 2.84. The average molecular weight is 403 g/mol. The van der Waals surface area contributed by atoms with Crippen LogP contribution in [-0.2, 0) is 14.3 Å². The lowest BCUT2D eigenvalue weighted by atomic mass is 9.75. The van der Waals surface area contributed by atoms with E-state index in [4.69, 9.17) is 14.2 Å². The molecule has 2 aromatic rings. The summed E-state index contributed by atoms with van der Waals surface area (Å²) < 4.78 is 16.7. The molecule has 0 spiro atoms. The van der Waals surface area contributed by atoms with Gasteiger partial charge < -0.3 is 19.1 Å². The quantitative estimate of drug-likeness (QED) is 0.735. The number of ether oxygens (including phenoxy) is 3. The number of Topliss-reactive ketones (excluding diaryl/α,β-unsaturated/α-hetero) is 2. The molecule has 0 aromatic heterocycles. The minimum atomic E-state index is -0.814. The Hall–Kier alpha value is -2.96. The molecule has 152 valence electrons. The van der Waals surface area contributed by atoms with Crippen molar-refractivity contribution in [3.8, 4) is 5.75 Å². The van der Waals surface area contributed by atoms with E-state index < -0.39 is 12.3 Å². The molecule has 0 amide bonds. The summed E-state index contributed by atoms with van der Waals surface area (Å²) in [5.74, 6) is 0.0322. The first kappa shape index (κ1) is 17.9. The summed E-state index contributed by atoms with van der Waals surface area (Å²) in [7, 11) is 1.60. The van der Waals surface area contributed by atoms with Gasteiger partial charge in [0.2, 0.25) is 6.29 Å². The van der Waals surface area contributed by atoms with E-state index in [0.717, 1.165) is 11.1 Å². The van der Waals surface area contributed by atoms with Crippen LogP contribution in [0.4, 0.5) is 0 Å². The van der Waals surface area contributed by atoms with E-state index in [-0.39, 0.29) is 35.5 Å². The largest absolute Gasteiger partial charge is 0.497 e. The van der Waals surface area contributed by atoms with Crippen LogP contribution >= 0.6 is 0 Å². The number of rotatable bonds is 3. The number of fused-ring (bicyclic) bond motifs is 8. The lowest BCUT2D eigenvalue weighted by Crippen LogP contribution is -2.48. The third-order valence-electron chi connectivity index (χ3n) is 6.85. The highest BCUT2D eigenvalue weighted by Crippen LogP contribution is 2.54. The highest BCUT2D eigenvalue weighted by atomic mass is 16.7. The molecule has 0 unspecified atom stereocenters. The molecule has 0 radical (unpaired) electrons. The van der Waals surface area contributed by atoms with Crippen molar-refractivity contribution in [1.82, 2.24) is 4.90 Å². The van der Waals surface area contributed by atoms with E-state index >= 15 is 0 Å². The van der Waals surface area contributed by atoms with Crippen molar-refractivity contribution in [2.45, 2.75) is 24.5 Å².